The Bertz CT molecular complexity index is 3620. The number of anilines is 2. The maximum Gasteiger partial charge on any atom is 0.251 e. The van der Waals surface area contributed by atoms with E-state index >= 15 is 0 Å². The number of hydrogen-bond donors (Lipinski definition) is 2. The molecule has 82 heavy (non-hydrogen) atoms. The molecule has 4 aliphatic rings. The Morgan fingerprint density at radius 2 is 0.890 bits per heavy atom. The predicted molar refractivity (Wildman–Crippen MR) is 347 cm³/mol. The van der Waals surface area contributed by atoms with E-state index in [0.717, 1.165) is 71.3 Å². The zero-order chi connectivity index (χ0) is 57.2. The summed E-state index contributed by atoms with van der Waals surface area (Å²) in [6.07, 6.45) is 8.87. The van der Waals surface area contributed by atoms with Crippen LogP contribution in [-0.2, 0) is 33.4 Å². The third-order valence-corrected chi connectivity index (χ3v) is 19.6. The number of amides is 2. The Morgan fingerprint density at radius 3 is 1.29 bits per heavy atom. The van der Waals surface area contributed by atoms with E-state index in [9.17, 15) is 9.59 Å². The minimum absolute atomic E-state index is 0.0841. The zero-order valence-corrected chi connectivity index (χ0v) is 50.3. The number of benzene rings is 7. The molecule has 2 aromatic heterocycles. The normalized spacial score (nSPS) is 19.1. The Morgan fingerprint density at radius 1 is 0.500 bits per heavy atom. The molecule has 2 unspecified atom stereocenters. The summed E-state index contributed by atoms with van der Waals surface area (Å²) in [6, 6.07) is 54.9. The number of rotatable bonds is 15. The SMILES string of the molecule is CC.CCn1c2ccccc2c2cc(/C=C/C34OCCN3c3ccc(C(=O)NCCSSCCNC(=O)c5ccc6c(c5)C(C)(C)C5(/C=C/c7ccc8c(c7)c7ccccc7n8CC)OCCN65)cc3C4(C)C)ccc21.c1ccccc1. The Balaban J connectivity index is 0.000000822. The predicted octanol–water partition coefficient (Wildman–Crippen LogP) is 15.3. The van der Waals surface area contributed by atoms with Gasteiger partial charge in [0.25, 0.3) is 11.8 Å². The summed E-state index contributed by atoms with van der Waals surface area (Å²) in [6.45, 7) is 23.0. The van der Waals surface area contributed by atoms with Crippen molar-refractivity contribution in [1.29, 1.82) is 0 Å². The Labute approximate surface area is 491 Å². The number of nitrogens with one attached hydrogen (secondary N) is 2. The lowest BCUT2D eigenvalue weighted by Crippen LogP contribution is -2.51. The van der Waals surface area contributed by atoms with Gasteiger partial charge in [-0.25, -0.2) is 0 Å². The standard InChI is InChI=1S/C62H64N6O4S2.C6H6.C2H6/c1-7-65-51-15-11-9-13-45(51)47-37-41(17-21-53(47)65)25-27-61-59(3,4)49-39-43(19-23-55(49)67(61)31-33-71-61)57(69)63-29-35-73-74-36-30-64-58(70)44-20-24-56-50(40-44)60(5,6)62(68(56)32-34-72-62)28-26-42-18-22-54-48(38-42)46-14-10-12-16-52(46)66(54)8-2;1-2-4-6-5-3-1;1-2/h9-28,37-40H,7-8,29-36H2,1-6H3,(H,63,69)(H,64,70);1-6H;1-2H3/b27-25+,28-26+;;. The van der Waals surface area contributed by atoms with Gasteiger partial charge in [-0.3, -0.25) is 9.59 Å². The summed E-state index contributed by atoms with van der Waals surface area (Å²) in [4.78, 5) is 31.9. The molecular weight excluding hydrogens is 1050 g/mol. The average molecular weight is 1130 g/mol. The highest BCUT2D eigenvalue weighted by atomic mass is 33.1. The molecular formula is C70H76N6O4S2. The molecule has 0 saturated carbocycles. The average Bonchev–Trinajstić information content (AvgIpc) is 2.00. The molecule has 2 amide bonds. The molecule has 0 spiro atoms. The van der Waals surface area contributed by atoms with Crippen LogP contribution in [0.15, 0.2) is 170 Å². The smallest absolute Gasteiger partial charge is 0.251 e. The maximum atomic E-state index is 13.6. The highest BCUT2D eigenvalue weighted by Crippen LogP contribution is 2.57. The largest absolute Gasteiger partial charge is 0.351 e. The van der Waals surface area contributed by atoms with Crippen molar-refractivity contribution in [3.63, 3.8) is 0 Å². The first-order valence-electron chi connectivity index (χ1n) is 29.2. The van der Waals surface area contributed by atoms with Crippen molar-refractivity contribution in [2.24, 2.45) is 0 Å². The number of aromatic nitrogens is 2. The Hall–Kier alpha value is -7.22. The van der Waals surface area contributed by atoms with E-state index in [-0.39, 0.29) is 11.8 Å². The molecule has 0 radical (unpaired) electrons. The lowest BCUT2D eigenvalue weighted by molar-refractivity contribution is 0.000267. The number of aryl methyl sites for hydroxylation is 2. The molecule has 2 atom stereocenters. The van der Waals surface area contributed by atoms with E-state index in [0.29, 0.717) is 37.4 Å². The first-order valence-corrected chi connectivity index (χ1v) is 31.7. The van der Waals surface area contributed by atoms with Crippen LogP contribution < -0.4 is 20.4 Å². The monoisotopic (exact) mass is 1130 g/mol. The van der Waals surface area contributed by atoms with Gasteiger partial charge in [0.2, 0.25) is 0 Å². The first kappa shape index (κ1) is 56.6. The van der Waals surface area contributed by atoms with Crippen LogP contribution in [0.2, 0.25) is 0 Å². The second-order valence-electron chi connectivity index (χ2n) is 22.2. The number of carbonyl (C=O) groups is 2. The minimum Gasteiger partial charge on any atom is -0.351 e. The second kappa shape index (κ2) is 23.6. The zero-order valence-electron chi connectivity index (χ0n) is 48.6. The number of carbonyl (C=O) groups excluding carboxylic acids is 2. The molecule has 10 nitrogen and oxygen atoms in total. The van der Waals surface area contributed by atoms with Crippen LogP contribution in [0.5, 0.6) is 0 Å². The Kier molecular flexibility index (Phi) is 16.3. The molecule has 4 aliphatic heterocycles. The summed E-state index contributed by atoms with van der Waals surface area (Å²) in [7, 11) is 3.39. The van der Waals surface area contributed by atoms with E-state index in [2.05, 4.69) is 205 Å². The third-order valence-electron chi connectivity index (χ3n) is 17.2. The van der Waals surface area contributed by atoms with Gasteiger partial charge in [-0.2, -0.15) is 0 Å². The van der Waals surface area contributed by atoms with E-state index in [1.807, 2.05) is 62.4 Å². The van der Waals surface area contributed by atoms with Gasteiger partial charge in [-0.15, -0.1) is 0 Å². The van der Waals surface area contributed by atoms with Crippen LogP contribution in [0.1, 0.15) is 98.4 Å². The van der Waals surface area contributed by atoms with Crippen LogP contribution in [-0.4, -0.2) is 83.3 Å². The van der Waals surface area contributed by atoms with Crippen molar-refractivity contribution in [3.05, 3.63) is 203 Å². The van der Waals surface area contributed by atoms with Crippen molar-refractivity contribution < 1.29 is 19.1 Å². The van der Waals surface area contributed by atoms with Crippen LogP contribution in [0.4, 0.5) is 11.4 Å². The highest BCUT2D eigenvalue weighted by molar-refractivity contribution is 8.76. The molecule has 6 heterocycles. The molecule has 2 fully saturated rings. The summed E-state index contributed by atoms with van der Waals surface area (Å²) in [5.41, 5.74) is 10.8. The number of hydrogen-bond acceptors (Lipinski definition) is 8. The minimum atomic E-state index is -0.674. The van der Waals surface area contributed by atoms with Gasteiger partial charge in [0.1, 0.15) is 0 Å². The molecule has 9 aromatic rings. The lowest BCUT2D eigenvalue weighted by atomic mass is 9.77. The van der Waals surface area contributed by atoms with E-state index in [1.165, 1.54) is 43.6 Å². The van der Waals surface area contributed by atoms with E-state index in [1.54, 1.807) is 21.6 Å². The van der Waals surface area contributed by atoms with Gasteiger partial charge < -0.3 is 39.0 Å². The summed E-state index contributed by atoms with van der Waals surface area (Å²) >= 11 is 0. The highest BCUT2D eigenvalue weighted by Gasteiger charge is 2.60. The molecule has 0 bridgehead atoms. The fourth-order valence-corrected chi connectivity index (χ4v) is 15.0. The van der Waals surface area contributed by atoms with Gasteiger partial charge in [0.05, 0.1) is 13.2 Å². The lowest BCUT2D eigenvalue weighted by Gasteiger charge is -2.39. The number of fused-ring (bicyclic) bond motifs is 12. The third kappa shape index (κ3) is 9.78. The van der Waals surface area contributed by atoms with Crippen molar-refractivity contribution in [2.45, 2.75) is 90.8 Å². The molecule has 2 N–H and O–H groups in total. The van der Waals surface area contributed by atoms with Crippen molar-refractivity contribution in [2.75, 3.05) is 60.7 Å². The molecule has 13 rings (SSSR count). The van der Waals surface area contributed by atoms with Crippen LogP contribution >= 0.6 is 21.6 Å². The summed E-state index contributed by atoms with van der Waals surface area (Å²) < 4.78 is 18.1. The molecule has 0 aliphatic carbocycles. The van der Waals surface area contributed by atoms with Gasteiger partial charge in [0.15, 0.2) is 11.4 Å². The fraction of sp³-hybridized carbons (Fsp3) is 0.314. The van der Waals surface area contributed by atoms with Gasteiger partial charge in [0, 0.05) is 128 Å². The first-order chi connectivity index (χ1) is 39.9. The van der Waals surface area contributed by atoms with Crippen molar-refractivity contribution in [1.82, 2.24) is 19.8 Å². The molecule has 12 heteroatoms. The summed E-state index contributed by atoms with van der Waals surface area (Å²) in [5, 5.41) is 11.3. The van der Waals surface area contributed by atoms with E-state index in [4.69, 9.17) is 9.47 Å². The molecule has 7 aromatic carbocycles. The number of nitrogens with zero attached hydrogens (tertiary/aromatic N) is 4. The van der Waals surface area contributed by atoms with Gasteiger partial charge >= 0.3 is 0 Å². The van der Waals surface area contributed by atoms with Crippen molar-refractivity contribution in [3.8, 4) is 0 Å². The maximum absolute atomic E-state index is 13.6. The van der Waals surface area contributed by atoms with Gasteiger partial charge in [-0.05, 0) is 121 Å². The number of para-hydroxylation sites is 2. The van der Waals surface area contributed by atoms with E-state index < -0.39 is 22.3 Å². The molecule has 2 saturated heterocycles. The van der Waals surface area contributed by atoms with Crippen LogP contribution in [0.25, 0.3) is 55.8 Å². The van der Waals surface area contributed by atoms with Crippen molar-refractivity contribution >= 4 is 101 Å². The summed E-state index contributed by atoms with van der Waals surface area (Å²) in [5.74, 6) is 1.32. The molecule has 422 valence electrons. The quantitative estimate of drug-likeness (QED) is 0.0775. The second-order valence-corrected chi connectivity index (χ2v) is 24.9. The fourth-order valence-electron chi connectivity index (χ4n) is 13.2. The van der Waals surface area contributed by atoms with Crippen LogP contribution in [0, 0.1) is 0 Å². The van der Waals surface area contributed by atoms with Gasteiger partial charge in [-0.1, -0.05) is 160 Å². The topological polar surface area (TPSA) is 93.0 Å². The number of ether oxygens (including phenoxy) is 2. The van der Waals surface area contributed by atoms with Crippen LogP contribution in [0.3, 0.4) is 0 Å².